The summed E-state index contributed by atoms with van der Waals surface area (Å²) in [5.41, 5.74) is 2.36. The van der Waals surface area contributed by atoms with Crippen molar-refractivity contribution in [2.75, 3.05) is 0 Å². The summed E-state index contributed by atoms with van der Waals surface area (Å²) in [6.45, 7) is 7.86. The van der Waals surface area contributed by atoms with Crippen molar-refractivity contribution < 1.29 is 9.47 Å². The molecule has 0 saturated heterocycles. The fraction of sp³-hybridized carbons (Fsp3) is 0.429. The molecule has 0 aliphatic rings. The molecule has 0 bridgehead atoms. The van der Waals surface area contributed by atoms with Gasteiger partial charge in [-0.1, -0.05) is 81.4 Å². The SMILES string of the molecule is CC(C)CC(C)C(OCc1ccccc1)OCc1ccccc1. The van der Waals surface area contributed by atoms with E-state index in [4.69, 9.17) is 9.47 Å². The van der Waals surface area contributed by atoms with Gasteiger partial charge in [0, 0.05) is 5.92 Å². The summed E-state index contributed by atoms with van der Waals surface area (Å²) in [5.74, 6) is 0.996. The van der Waals surface area contributed by atoms with Crippen molar-refractivity contribution in [1.82, 2.24) is 0 Å². The summed E-state index contributed by atoms with van der Waals surface area (Å²) < 4.78 is 12.2. The first-order valence-electron chi connectivity index (χ1n) is 8.46. The molecule has 124 valence electrons. The van der Waals surface area contributed by atoms with Gasteiger partial charge in [0.1, 0.15) is 0 Å². The van der Waals surface area contributed by atoms with Crippen LogP contribution >= 0.6 is 0 Å². The third-order valence-corrected chi connectivity index (χ3v) is 3.82. The van der Waals surface area contributed by atoms with E-state index in [9.17, 15) is 0 Å². The highest BCUT2D eigenvalue weighted by Crippen LogP contribution is 2.21. The van der Waals surface area contributed by atoms with Crippen molar-refractivity contribution in [1.29, 1.82) is 0 Å². The Hall–Kier alpha value is -1.64. The second kappa shape index (κ2) is 9.49. The van der Waals surface area contributed by atoms with E-state index in [0.29, 0.717) is 25.0 Å². The minimum atomic E-state index is -0.183. The average Bonchev–Trinajstić information content (AvgIpc) is 2.56. The van der Waals surface area contributed by atoms with Crippen molar-refractivity contribution in [3.8, 4) is 0 Å². The Morgan fingerprint density at radius 2 is 1.13 bits per heavy atom. The van der Waals surface area contributed by atoms with Crippen LogP contribution in [0.5, 0.6) is 0 Å². The summed E-state index contributed by atoms with van der Waals surface area (Å²) in [7, 11) is 0. The van der Waals surface area contributed by atoms with Crippen LogP contribution in [-0.4, -0.2) is 6.29 Å². The fourth-order valence-corrected chi connectivity index (χ4v) is 2.74. The number of benzene rings is 2. The van der Waals surface area contributed by atoms with Gasteiger partial charge in [0.05, 0.1) is 13.2 Å². The molecule has 0 N–H and O–H groups in total. The van der Waals surface area contributed by atoms with Crippen LogP contribution in [0.4, 0.5) is 0 Å². The molecule has 0 aliphatic heterocycles. The van der Waals surface area contributed by atoms with Crippen LogP contribution < -0.4 is 0 Å². The summed E-state index contributed by atoms with van der Waals surface area (Å²) in [6.07, 6.45) is 0.909. The predicted molar refractivity (Wildman–Crippen MR) is 94.9 cm³/mol. The van der Waals surface area contributed by atoms with E-state index >= 15 is 0 Å². The molecule has 1 unspecified atom stereocenters. The number of ether oxygens (including phenoxy) is 2. The molecule has 0 spiro atoms. The fourth-order valence-electron chi connectivity index (χ4n) is 2.74. The van der Waals surface area contributed by atoms with Gasteiger partial charge >= 0.3 is 0 Å². The van der Waals surface area contributed by atoms with Crippen LogP contribution in [0.2, 0.25) is 0 Å². The van der Waals surface area contributed by atoms with Crippen LogP contribution in [0.15, 0.2) is 60.7 Å². The van der Waals surface area contributed by atoms with Gasteiger partial charge in [-0.25, -0.2) is 0 Å². The second-order valence-corrected chi connectivity index (χ2v) is 6.57. The highest BCUT2D eigenvalue weighted by atomic mass is 16.7. The van der Waals surface area contributed by atoms with Crippen LogP contribution in [0.3, 0.4) is 0 Å². The Morgan fingerprint density at radius 3 is 1.52 bits per heavy atom. The van der Waals surface area contributed by atoms with E-state index in [-0.39, 0.29) is 6.29 Å². The first-order chi connectivity index (χ1) is 11.1. The number of rotatable bonds is 9. The van der Waals surface area contributed by atoms with Crippen molar-refractivity contribution in [3.05, 3.63) is 71.8 Å². The maximum atomic E-state index is 6.09. The standard InChI is InChI=1S/C21H28O2/c1-17(2)14-18(3)21(22-15-19-10-6-4-7-11-19)23-16-20-12-8-5-9-13-20/h4-13,17-18,21H,14-16H2,1-3H3. The minimum Gasteiger partial charge on any atom is -0.348 e. The van der Waals surface area contributed by atoms with E-state index in [1.807, 2.05) is 36.4 Å². The van der Waals surface area contributed by atoms with Crippen LogP contribution in [0, 0.1) is 11.8 Å². The number of hydrogen-bond donors (Lipinski definition) is 0. The second-order valence-electron chi connectivity index (χ2n) is 6.57. The molecule has 0 fully saturated rings. The van der Waals surface area contributed by atoms with E-state index < -0.39 is 0 Å². The lowest BCUT2D eigenvalue weighted by Gasteiger charge is -2.26. The van der Waals surface area contributed by atoms with Crippen molar-refractivity contribution in [2.24, 2.45) is 11.8 Å². The van der Waals surface area contributed by atoms with Gasteiger partial charge in [-0.15, -0.1) is 0 Å². The van der Waals surface area contributed by atoms with Crippen LogP contribution in [0.25, 0.3) is 0 Å². The quantitative estimate of drug-likeness (QED) is 0.575. The maximum Gasteiger partial charge on any atom is 0.161 e. The van der Waals surface area contributed by atoms with Gasteiger partial charge in [0.25, 0.3) is 0 Å². The van der Waals surface area contributed by atoms with Gasteiger partial charge in [-0.05, 0) is 23.5 Å². The molecule has 2 aromatic carbocycles. The van der Waals surface area contributed by atoms with Crippen molar-refractivity contribution >= 4 is 0 Å². The molecule has 2 nitrogen and oxygen atoms in total. The Morgan fingerprint density at radius 1 is 0.696 bits per heavy atom. The monoisotopic (exact) mass is 312 g/mol. The van der Waals surface area contributed by atoms with Gasteiger partial charge in [-0.2, -0.15) is 0 Å². The van der Waals surface area contributed by atoms with Crippen molar-refractivity contribution in [2.45, 2.75) is 46.7 Å². The molecule has 0 saturated carbocycles. The largest absolute Gasteiger partial charge is 0.348 e. The summed E-state index contributed by atoms with van der Waals surface area (Å²) in [6, 6.07) is 20.5. The van der Waals surface area contributed by atoms with E-state index in [2.05, 4.69) is 45.0 Å². The van der Waals surface area contributed by atoms with Gasteiger partial charge in [-0.3, -0.25) is 0 Å². The maximum absolute atomic E-state index is 6.09. The molecule has 0 aromatic heterocycles. The summed E-state index contributed by atoms with van der Waals surface area (Å²) in [4.78, 5) is 0. The predicted octanol–water partition coefficient (Wildman–Crippen LogP) is 5.43. The Labute approximate surface area is 140 Å². The molecular weight excluding hydrogens is 284 g/mol. The topological polar surface area (TPSA) is 18.5 Å². The Bertz CT molecular complexity index is 493. The minimum absolute atomic E-state index is 0.183. The highest BCUT2D eigenvalue weighted by molar-refractivity contribution is 5.14. The molecule has 0 radical (unpaired) electrons. The molecule has 0 aliphatic carbocycles. The third kappa shape index (κ3) is 6.55. The van der Waals surface area contributed by atoms with Gasteiger partial charge in [0.2, 0.25) is 0 Å². The molecular formula is C21H28O2. The van der Waals surface area contributed by atoms with E-state index in [0.717, 1.165) is 6.42 Å². The third-order valence-electron chi connectivity index (χ3n) is 3.82. The normalized spacial score (nSPS) is 12.7. The lowest BCUT2D eigenvalue weighted by atomic mass is 9.98. The summed E-state index contributed by atoms with van der Waals surface area (Å²) >= 11 is 0. The lowest BCUT2D eigenvalue weighted by Crippen LogP contribution is -2.26. The summed E-state index contributed by atoms with van der Waals surface area (Å²) in [5, 5.41) is 0. The van der Waals surface area contributed by atoms with Crippen molar-refractivity contribution in [3.63, 3.8) is 0 Å². The zero-order valence-electron chi connectivity index (χ0n) is 14.4. The van der Waals surface area contributed by atoms with E-state index in [1.54, 1.807) is 0 Å². The van der Waals surface area contributed by atoms with Crippen LogP contribution in [-0.2, 0) is 22.7 Å². The lowest BCUT2D eigenvalue weighted by molar-refractivity contribution is -0.185. The Balaban J connectivity index is 1.93. The Kier molecular flexibility index (Phi) is 7.31. The number of hydrogen-bond acceptors (Lipinski definition) is 2. The average molecular weight is 312 g/mol. The first-order valence-corrected chi connectivity index (χ1v) is 8.46. The van der Waals surface area contributed by atoms with Gasteiger partial charge < -0.3 is 9.47 Å². The smallest absolute Gasteiger partial charge is 0.161 e. The van der Waals surface area contributed by atoms with Crippen LogP contribution in [0.1, 0.15) is 38.3 Å². The molecule has 23 heavy (non-hydrogen) atoms. The molecule has 2 rings (SSSR count). The highest BCUT2D eigenvalue weighted by Gasteiger charge is 2.20. The molecule has 2 heteroatoms. The van der Waals surface area contributed by atoms with Gasteiger partial charge in [0.15, 0.2) is 6.29 Å². The zero-order chi connectivity index (χ0) is 16.5. The zero-order valence-corrected chi connectivity index (χ0v) is 14.4. The molecule has 1 atom stereocenters. The molecule has 2 aromatic rings. The molecule has 0 amide bonds. The van der Waals surface area contributed by atoms with E-state index in [1.165, 1.54) is 11.1 Å². The first kappa shape index (κ1) is 17.7. The molecule has 0 heterocycles.